The van der Waals surface area contributed by atoms with Gasteiger partial charge in [0.15, 0.2) is 0 Å². The lowest BCUT2D eigenvalue weighted by atomic mass is 10.1. The van der Waals surface area contributed by atoms with Gasteiger partial charge in [0, 0.05) is 17.1 Å². The molecular formula is C18H22N2OS. The molecule has 2 aromatic carbocycles. The molecule has 0 fully saturated rings. The maximum absolute atomic E-state index is 12.2. The van der Waals surface area contributed by atoms with Crippen LogP contribution >= 0.6 is 11.8 Å². The number of rotatable bonds is 6. The summed E-state index contributed by atoms with van der Waals surface area (Å²) in [5.74, 6) is 0.442. The lowest BCUT2D eigenvalue weighted by Gasteiger charge is -2.15. The molecule has 4 heteroatoms. The van der Waals surface area contributed by atoms with Crippen molar-refractivity contribution in [2.24, 2.45) is 0 Å². The van der Waals surface area contributed by atoms with E-state index in [1.165, 1.54) is 5.56 Å². The van der Waals surface area contributed by atoms with E-state index < -0.39 is 0 Å². The minimum absolute atomic E-state index is 0.0257. The Labute approximate surface area is 136 Å². The highest BCUT2D eigenvalue weighted by Crippen LogP contribution is 2.21. The van der Waals surface area contributed by atoms with E-state index >= 15 is 0 Å². The summed E-state index contributed by atoms with van der Waals surface area (Å²) < 4.78 is 0. The summed E-state index contributed by atoms with van der Waals surface area (Å²) in [5, 5.41) is 3.03. The van der Waals surface area contributed by atoms with Crippen LogP contribution in [0.25, 0.3) is 0 Å². The number of amides is 1. The highest BCUT2D eigenvalue weighted by Gasteiger charge is 2.08. The Hall–Kier alpha value is -1.78. The minimum Gasteiger partial charge on any atom is -0.325 e. The molecule has 22 heavy (non-hydrogen) atoms. The third-order valence-corrected chi connectivity index (χ3v) is 4.15. The van der Waals surface area contributed by atoms with Gasteiger partial charge in [-0.15, -0.1) is 11.8 Å². The Morgan fingerprint density at radius 3 is 2.55 bits per heavy atom. The van der Waals surface area contributed by atoms with Gasteiger partial charge in [0.05, 0.1) is 5.75 Å². The zero-order valence-electron chi connectivity index (χ0n) is 13.3. The van der Waals surface area contributed by atoms with Crippen molar-refractivity contribution in [3.05, 3.63) is 59.7 Å². The molecule has 3 nitrogen and oxygen atoms in total. The minimum atomic E-state index is 0.0257. The highest BCUT2D eigenvalue weighted by molar-refractivity contribution is 8.00. The van der Waals surface area contributed by atoms with Crippen LogP contribution in [-0.2, 0) is 11.3 Å². The van der Waals surface area contributed by atoms with Gasteiger partial charge in [-0.2, -0.15) is 0 Å². The molecule has 0 spiro atoms. The van der Waals surface area contributed by atoms with Crippen molar-refractivity contribution in [3.8, 4) is 0 Å². The van der Waals surface area contributed by atoms with Crippen LogP contribution in [-0.4, -0.2) is 30.7 Å². The third-order valence-electron chi connectivity index (χ3n) is 3.13. The van der Waals surface area contributed by atoms with Gasteiger partial charge in [-0.1, -0.05) is 35.9 Å². The summed E-state index contributed by atoms with van der Waals surface area (Å²) in [6, 6.07) is 16.1. The van der Waals surface area contributed by atoms with Gasteiger partial charge >= 0.3 is 0 Å². The molecular weight excluding hydrogens is 292 g/mol. The molecule has 0 unspecified atom stereocenters. The lowest BCUT2D eigenvalue weighted by molar-refractivity contribution is -0.113. The predicted octanol–water partition coefficient (Wildman–Crippen LogP) is 3.79. The monoisotopic (exact) mass is 314 g/mol. The molecule has 1 N–H and O–H groups in total. The van der Waals surface area contributed by atoms with Crippen LogP contribution in [0.2, 0.25) is 0 Å². The summed E-state index contributed by atoms with van der Waals surface area (Å²) >= 11 is 1.55. The van der Waals surface area contributed by atoms with E-state index in [2.05, 4.69) is 23.2 Å². The fourth-order valence-electron chi connectivity index (χ4n) is 2.17. The number of hydrogen-bond acceptors (Lipinski definition) is 3. The first kappa shape index (κ1) is 16.6. The number of hydrogen-bond donors (Lipinski definition) is 1. The van der Waals surface area contributed by atoms with Crippen molar-refractivity contribution < 1.29 is 4.79 Å². The first-order chi connectivity index (χ1) is 10.5. The van der Waals surface area contributed by atoms with Crippen LogP contribution in [0.5, 0.6) is 0 Å². The van der Waals surface area contributed by atoms with Gasteiger partial charge in [0.2, 0.25) is 5.91 Å². The van der Waals surface area contributed by atoms with E-state index in [4.69, 9.17) is 0 Å². The number of carbonyl (C=O) groups excluding carboxylic acids is 1. The van der Waals surface area contributed by atoms with Gasteiger partial charge in [-0.3, -0.25) is 4.79 Å². The maximum Gasteiger partial charge on any atom is 0.234 e. The van der Waals surface area contributed by atoms with Crippen LogP contribution < -0.4 is 5.32 Å². The van der Waals surface area contributed by atoms with Crippen LogP contribution in [0.1, 0.15) is 11.1 Å². The summed E-state index contributed by atoms with van der Waals surface area (Å²) in [6.45, 7) is 2.87. The standard InChI is InChI=1S/C18H22N2OS/c1-14-9-10-17(15(11-14)12-20(2)3)19-18(21)13-22-16-7-5-4-6-8-16/h4-11H,12-13H2,1-3H3,(H,19,21). The van der Waals surface area contributed by atoms with Gasteiger partial charge in [0.25, 0.3) is 0 Å². The van der Waals surface area contributed by atoms with Gasteiger partial charge < -0.3 is 10.2 Å². The zero-order valence-corrected chi connectivity index (χ0v) is 14.1. The van der Waals surface area contributed by atoms with Crippen molar-refractivity contribution in [2.75, 3.05) is 25.2 Å². The molecule has 2 rings (SSSR count). The Morgan fingerprint density at radius 2 is 1.86 bits per heavy atom. The second-order valence-electron chi connectivity index (χ2n) is 5.55. The molecule has 1 amide bonds. The largest absolute Gasteiger partial charge is 0.325 e. The first-order valence-corrected chi connectivity index (χ1v) is 8.25. The number of anilines is 1. The van der Waals surface area contributed by atoms with Crippen molar-refractivity contribution in [1.82, 2.24) is 4.90 Å². The SMILES string of the molecule is Cc1ccc(NC(=O)CSc2ccccc2)c(CN(C)C)c1. The normalized spacial score (nSPS) is 10.7. The van der Waals surface area contributed by atoms with Crippen LogP contribution in [0.3, 0.4) is 0 Å². The average molecular weight is 314 g/mol. The topological polar surface area (TPSA) is 32.3 Å². The molecule has 0 atom stereocenters. The molecule has 0 radical (unpaired) electrons. The van der Waals surface area contributed by atoms with Crippen molar-refractivity contribution in [2.45, 2.75) is 18.4 Å². The van der Waals surface area contributed by atoms with Gasteiger partial charge in [0.1, 0.15) is 0 Å². The Kier molecular flexibility index (Phi) is 6.04. The fraction of sp³-hybridized carbons (Fsp3) is 0.278. The smallest absolute Gasteiger partial charge is 0.234 e. The first-order valence-electron chi connectivity index (χ1n) is 7.26. The summed E-state index contributed by atoms with van der Waals surface area (Å²) in [7, 11) is 4.05. The second-order valence-corrected chi connectivity index (χ2v) is 6.60. The molecule has 0 bridgehead atoms. The summed E-state index contributed by atoms with van der Waals surface area (Å²) in [6.07, 6.45) is 0. The Balaban J connectivity index is 1.99. The van der Waals surface area contributed by atoms with Crippen LogP contribution in [0.4, 0.5) is 5.69 Å². The molecule has 0 aliphatic carbocycles. The fourth-order valence-corrected chi connectivity index (χ4v) is 2.89. The molecule has 0 aromatic heterocycles. The molecule has 116 valence electrons. The molecule has 0 aliphatic rings. The van der Waals surface area contributed by atoms with E-state index in [9.17, 15) is 4.79 Å². The third kappa shape index (κ3) is 5.20. The maximum atomic E-state index is 12.2. The number of thioether (sulfide) groups is 1. The number of nitrogens with zero attached hydrogens (tertiary/aromatic N) is 1. The second kappa shape index (κ2) is 8.01. The zero-order chi connectivity index (χ0) is 15.9. The summed E-state index contributed by atoms with van der Waals surface area (Å²) in [4.78, 5) is 15.4. The predicted molar refractivity (Wildman–Crippen MR) is 94.4 cm³/mol. The number of nitrogens with one attached hydrogen (secondary N) is 1. The van der Waals surface area contributed by atoms with E-state index in [-0.39, 0.29) is 5.91 Å². The number of benzene rings is 2. The molecule has 0 heterocycles. The van der Waals surface area contributed by atoms with E-state index in [1.54, 1.807) is 11.8 Å². The summed E-state index contributed by atoms with van der Waals surface area (Å²) in [5.41, 5.74) is 3.24. The lowest BCUT2D eigenvalue weighted by Crippen LogP contribution is -2.18. The highest BCUT2D eigenvalue weighted by atomic mass is 32.2. The number of aryl methyl sites for hydroxylation is 1. The Bertz CT molecular complexity index is 626. The van der Waals surface area contributed by atoms with E-state index in [0.717, 1.165) is 22.7 Å². The quantitative estimate of drug-likeness (QED) is 0.823. The average Bonchev–Trinajstić information content (AvgIpc) is 2.48. The molecule has 0 saturated carbocycles. The van der Waals surface area contributed by atoms with Gasteiger partial charge in [-0.05, 0) is 44.8 Å². The van der Waals surface area contributed by atoms with E-state index in [1.807, 2.05) is 56.6 Å². The number of carbonyl (C=O) groups is 1. The van der Waals surface area contributed by atoms with E-state index in [0.29, 0.717) is 5.75 Å². The van der Waals surface area contributed by atoms with Crippen molar-refractivity contribution in [1.29, 1.82) is 0 Å². The van der Waals surface area contributed by atoms with Gasteiger partial charge in [-0.25, -0.2) is 0 Å². The van der Waals surface area contributed by atoms with Crippen molar-refractivity contribution >= 4 is 23.4 Å². The van der Waals surface area contributed by atoms with Crippen LogP contribution in [0, 0.1) is 6.92 Å². The Morgan fingerprint density at radius 1 is 1.14 bits per heavy atom. The molecule has 0 aliphatic heterocycles. The molecule has 2 aromatic rings. The van der Waals surface area contributed by atoms with Crippen molar-refractivity contribution in [3.63, 3.8) is 0 Å². The van der Waals surface area contributed by atoms with Crippen LogP contribution in [0.15, 0.2) is 53.4 Å². The molecule has 0 saturated heterocycles.